The molecule has 1 aromatic carbocycles. The summed E-state index contributed by atoms with van der Waals surface area (Å²) in [6, 6.07) is 7.98. The van der Waals surface area contributed by atoms with Gasteiger partial charge in [-0.2, -0.15) is 0 Å². The van der Waals surface area contributed by atoms with Crippen molar-refractivity contribution in [3.63, 3.8) is 0 Å². The molecule has 220 valence electrons. The fourth-order valence-electron chi connectivity index (χ4n) is 5.05. The molecule has 0 saturated carbocycles. The molecule has 3 heterocycles. The molecule has 1 aliphatic heterocycles. The van der Waals surface area contributed by atoms with E-state index >= 15 is 0 Å². The number of piperazine rings is 1. The van der Waals surface area contributed by atoms with E-state index in [-0.39, 0.29) is 40.9 Å². The van der Waals surface area contributed by atoms with Crippen molar-refractivity contribution < 1.29 is 28.3 Å². The van der Waals surface area contributed by atoms with E-state index in [1.807, 2.05) is 40.7 Å². The van der Waals surface area contributed by atoms with E-state index in [1.165, 1.54) is 12.1 Å². The van der Waals surface area contributed by atoms with Crippen molar-refractivity contribution in [1.29, 1.82) is 0 Å². The molecule has 10 heteroatoms. The minimum absolute atomic E-state index is 0.0237. The van der Waals surface area contributed by atoms with E-state index in [4.69, 9.17) is 21.0 Å². The molecule has 4 rings (SSSR count). The first-order chi connectivity index (χ1) is 18.9. The van der Waals surface area contributed by atoms with Gasteiger partial charge in [0.1, 0.15) is 11.3 Å². The predicted octanol–water partition coefficient (Wildman–Crippen LogP) is 6.54. The molecule has 2 aromatic heterocycles. The Hall–Kier alpha value is -3.46. The largest absolute Gasteiger partial charge is 0.481 e. The number of benzene rings is 1. The average molecular weight is 586 g/mol. The number of amides is 2. The summed E-state index contributed by atoms with van der Waals surface area (Å²) in [5, 5.41) is 9.38. The van der Waals surface area contributed by atoms with Crippen LogP contribution < -0.4 is 0 Å². The summed E-state index contributed by atoms with van der Waals surface area (Å²) in [5.74, 6) is -1.80. The molecule has 0 atom stereocenters. The molecule has 0 radical (unpaired) electrons. The van der Waals surface area contributed by atoms with Gasteiger partial charge in [-0.3, -0.25) is 14.4 Å². The van der Waals surface area contributed by atoms with E-state index in [9.17, 15) is 23.9 Å². The van der Waals surface area contributed by atoms with Gasteiger partial charge in [-0.15, -0.1) is 0 Å². The molecule has 2 amide bonds. The number of nitrogens with zero attached hydrogens (tertiary/aromatic N) is 3. The van der Waals surface area contributed by atoms with Crippen LogP contribution in [0.3, 0.4) is 0 Å². The quantitative estimate of drug-likeness (QED) is 0.352. The normalized spacial score (nSPS) is 15.8. The zero-order chi connectivity index (χ0) is 30.5. The lowest BCUT2D eigenvalue weighted by Crippen LogP contribution is -2.62. The van der Waals surface area contributed by atoms with Crippen LogP contribution in [0.5, 0.6) is 0 Å². The molecule has 8 nitrogen and oxygen atoms in total. The van der Waals surface area contributed by atoms with Crippen molar-refractivity contribution in [3.8, 4) is 11.3 Å². The van der Waals surface area contributed by atoms with Crippen molar-refractivity contribution in [2.75, 3.05) is 19.6 Å². The molecule has 0 aliphatic carbocycles. The number of carbonyl (C=O) groups is 3. The molecule has 1 saturated heterocycles. The molecule has 3 aromatic rings. The molecule has 0 bridgehead atoms. The lowest BCUT2D eigenvalue weighted by Gasteiger charge is -2.46. The Bertz CT molecular complexity index is 1520. The highest BCUT2D eigenvalue weighted by molar-refractivity contribution is 6.30. The fourth-order valence-corrected chi connectivity index (χ4v) is 5.17. The number of carboxylic acid groups (broad SMARTS) is 1. The maximum atomic E-state index is 14.2. The van der Waals surface area contributed by atoms with Gasteiger partial charge in [-0.25, -0.2) is 9.37 Å². The van der Waals surface area contributed by atoms with Crippen LogP contribution >= 0.6 is 11.6 Å². The third-order valence-electron chi connectivity index (χ3n) is 7.76. The first kappa shape index (κ1) is 30.5. The summed E-state index contributed by atoms with van der Waals surface area (Å²) < 4.78 is 20.4. The smallest absolute Gasteiger partial charge is 0.309 e. The summed E-state index contributed by atoms with van der Waals surface area (Å²) in [5.41, 5.74) is 0.846. The van der Waals surface area contributed by atoms with Crippen molar-refractivity contribution in [1.82, 2.24) is 14.8 Å². The van der Waals surface area contributed by atoms with E-state index in [0.717, 1.165) is 5.56 Å². The number of furan rings is 1. The summed E-state index contributed by atoms with van der Waals surface area (Å²) in [6.45, 7) is 14.0. The van der Waals surface area contributed by atoms with Gasteiger partial charge in [0.15, 0.2) is 11.3 Å². The Morgan fingerprint density at radius 2 is 1.78 bits per heavy atom. The van der Waals surface area contributed by atoms with Gasteiger partial charge in [0.05, 0.1) is 21.7 Å². The molecular formula is C31H37ClFN3O5. The summed E-state index contributed by atoms with van der Waals surface area (Å²) in [6.07, 6.45) is 0.349. The Morgan fingerprint density at radius 1 is 1.10 bits per heavy atom. The zero-order valence-corrected chi connectivity index (χ0v) is 25.4. The number of hydrogen-bond acceptors (Lipinski definition) is 5. The van der Waals surface area contributed by atoms with Crippen LogP contribution in [0.15, 0.2) is 34.7 Å². The minimum atomic E-state index is -0.994. The van der Waals surface area contributed by atoms with Crippen molar-refractivity contribution in [2.24, 2.45) is 5.41 Å². The van der Waals surface area contributed by atoms with Crippen LogP contribution in [0.2, 0.25) is 5.02 Å². The van der Waals surface area contributed by atoms with Gasteiger partial charge < -0.3 is 19.3 Å². The number of pyridine rings is 1. The molecule has 1 aliphatic rings. The second-order valence-electron chi connectivity index (χ2n) is 13.0. The summed E-state index contributed by atoms with van der Waals surface area (Å²) >= 11 is 5.88. The Balaban J connectivity index is 1.60. The zero-order valence-electron chi connectivity index (χ0n) is 24.6. The number of carbonyl (C=O) groups excluding carboxylic acids is 2. The SMILES string of the molecule is CC(C)(CCC(=O)N1CCN(C(=O)c2cc3nc(-c4ccc(Cl)c(F)c4)cc(C(C)(C)C)c3o2)C(C)(C)C1)C(=O)O. The van der Waals surface area contributed by atoms with E-state index in [0.29, 0.717) is 42.0 Å². The van der Waals surface area contributed by atoms with Gasteiger partial charge in [0.25, 0.3) is 5.91 Å². The first-order valence-corrected chi connectivity index (χ1v) is 14.0. The average Bonchev–Trinajstić information content (AvgIpc) is 3.31. The predicted molar refractivity (Wildman–Crippen MR) is 155 cm³/mol. The van der Waals surface area contributed by atoms with Crippen LogP contribution in [0.1, 0.15) is 77.4 Å². The number of fused-ring (bicyclic) bond motifs is 1. The van der Waals surface area contributed by atoms with Crippen molar-refractivity contribution >= 4 is 40.5 Å². The number of aromatic nitrogens is 1. The number of rotatable bonds is 6. The van der Waals surface area contributed by atoms with Gasteiger partial charge >= 0.3 is 5.97 Å². The minimum Gasteiger partial charge on any atom is -0.481 e. The first-order valence-electron chi connectivity index (χ1n) is 13.6. The highest BCUT2D eigenvalue weighted by Gasteiger charge is 2.40. The number of carboxylic acids is 1. The standard InChI is InChI=1S/C31H37ClFN3O5/c1-29(2,3)19-15-22(18-8-9-20(32)21(33)14-18)34-23-16-24(41-26(19)23)27(38)36-13-12-35(17-31(36,6)7)25(37)10-11-30(4,5)28(39)40/h8-9,14-16H,10-13,17H2,1-7H3,(H,39,40). The lowest BCUT2D eigenvalue weighted by molar-refractivity contribution is -0.148. The van der Waals surface area contributed by atoms with E-state index in [1.54, 1.807) is 35.8 Å². The Morgan fingerprint density at radius 3 is 2.37 bits per heavy atom. The molecule has 0 unspecified atom stereocenters. The Labute approximate surface area is 244 Å². The van der Waals surface area contributed by atoms with Crippen LogP contribution in [0, 0.1) is 11.2 Å². The van der Waals surface area contributed by atoms with Crippen LogP contribution in [-0.4, -0.2) is 62.8 Å². The van der Waals surface area contributed by atoms with Crippen molar-refractivity contribution in [2.45, 2.75) is 72.3 Å². The molecule has 1 fully saturated rings. The van der Waals surface area contributed by atoms with Crippen LogP contribution in [-0.2, 0) is 15.0 Å². The van der Waals surface area contributed by atoms with Crippen LogP contribution in [0.4, 0.5) is 4.39 Å². The van der Waals surface area contributed by atoms with Gasteiger partial charge in [0, 0.05) is 43.2 Å². The number of hydrogen-bond donors (Lipinski definition) is 1. The fraction of sp³-hybridized carbons (Fsp3) is 0.484. The molecule has 1 N–H and O–H groups in total. The topological polar surface area (TPSA) is 104 Å². The number of aliphatic carboxylic acids is 1. The maximum Gasteiger partial charge on any atom is 0.309 e. The van der Waals surface area contributed by atoms with Gasteiger partial charge in [-0.05, 0) is 57.7 Å². The van der Waals surface area contributed by atoms with Crippen molar-refractivity contribution in [3.05, 3.63) is 52.5 Å². The van der Waals surface area contributed by atoms with E-state index < -0.39 is 22.7 Å². The molecule has 41 heavy (non-hydrogen) atoms. The third-order valence-corrected chi connectivity index (χ3v) is 8.06. The van der Waals surface area contributed by atoms with Crippen LogP contribution in [0.25, 0.3) is 22.4 Å². The van der Waals surface area contributed by atoms with E-state index in [2.05, 4.69) is 0 Å². The second-order valence-corrected chi connectivity index (χ2v) is 13.4. The highest BCUT2D eigenvalue weighted by Crippen LogP contribution is 2.36. The molecule has 0 spiro atoms. The molecular weight excluding hydrogens is 549 g/mol. The maximum absolute atomic E-state index is 14.2. The van der Waals surface area contributed by atoms with Gasteiger partial charge in [0.2, 0.25) is 5.91 Å². The highest BCUT2D eigenvalue weighted by atomic mass is 35.5. The monoisotopic (exact) mass is 585 g/mol. The summed E-state index contributed by atoms with van der Waals surface area (Å²) in [7, 11) is 0. The Kier molecular flexibility index (Phi) is 7.99. The summed E-state index contributed by atoms with van der Waals surface area (Å²) in [4.78, 5) is 46.2. The lowest BCUT2D eigenvalue weighted by atomic mass is 9.86. The third kappa shape index (κ3) is 6.25. The van der Waals surface area contributed by atoms with Gasteiger partial charge in [-0.1, -0.05) is 38.4 Å². The number of halogens is 2. The second kappa shape index (κ2) is 10.7.